The fraction of sp³-hybridized carbons (Fsp3) is 0.211. The summed E-state index contributed by atoms with van der Waals surface area (Å²) in [7, 11) is 0. The summed E-state index contributed by atoms with van der Waals surface area (Å²) < 4.78 is 11.0. The topological polar surface area (TPSA) is 47.6 Å². The highest BCUT2D eigenvalue weighted by molar-refractivity contribution is 5.93. The van der Waals surface area contributed by atoms with Gasteiger partial charge in [0.05, 0.1) is 5.69 Å². The van der Waals surface area contributed by atoms with Gasteiger partial charge in [-0.25, -0.2) is 0 Å². The van der Waals surface area contributed by atoms with Crippen molar-refractivity contribution in [3.63, 3.8) is 0 Å². The summed E-state index contributed by atoms with van der Waals surface area (Å²) in [6.07, 6.45) is 2.63. The van der Waals surface area contributed by atoms with Gasteiger partial charge in [-0.3, -0.25) is 4.79 Å². The van der Waals surface area contributed by atoms with Gasteiger partial charge in [0.2, 0.25) is 0 Å². The standard InChI is InChI=1S/C19H21NO3/c1-3-13-22-18-8-6-5-7-17(18)20-19(21)14-23-16-11-9-15(4-2)10-12-16/h3,5-12H,1,4,13-14H2,2H3,(H,20,21). The minimum Gasteiger partial charge on any atom is -0.487 e. The number of hydrogen-bond donors (Lipinski definition) is 1. The molecule has 0 saturated carbocycles. The number of hydrogen-bond acceptors (Lipinski definition) is 3. The molecule has 0 aliphatic carbocycles. The summed E-state index contributed by atoms with van der Waals surface area (Å²) in [6, 6.07) is 15.0. The molecule has 0 radical (unpaired) electrons. The van der Waals surface area contributed by atoms with Gasteiger partial charge in [-0.1, -0.05) is 43.8 Å². The maximum Gasteiger partial charge on any atom is 0.262 e. The zero-order valence-electron chi connectivity index (χ0n) is 13.2. The van der Waals surface area contributed by atoms with E-state index in [1.165, 1.54) is 5.56 Å². The normalized spacial score (nSPS) is 9.96. The molecule has 0 aromatic heterocycles. The van der Waals surface area contributed by atoms with Crippen molar-refractivity contribution < 1.29 is 14.3 Å². The zero-order chi connectivity index (χ0) is 16.5. The Morgan fingerprint density at radius 2 is 1.87 bits per heavy atom. The van der Waals surface area contributed by atoms with Crippen molar-refractivity contribution in [1.82, 2.24) is 0 Å². The quantitative estimate of drug-likeness (QED) is 0.754. The summed E-state index contributed by atoms with van der Waals surface area (Å²) in [6.45, 7) is 6.03. The first kappa shape index (κ1) is 16.6. The van der Waals surface area contributed by atoms with Crippen LogP contribution < -0.4 is 14.8 Å². The lowest BCUT2D eigenvalue weighted by molar-refractivity contribution is -0.118. The number of nitrogens with one attached hydrogen (secondary N) is 1. The number of rotatable bonds is 8. The van der Waals surface area contributed by atoms with Crippen molar-refractivity contribution in [2.75, 3.05) is 18.5 Å². The predicted octanol–water partition coefficient (Wildman–Crippen LogP) is 3.83. The first-order valence-corrected chi connectivity index (χ1v) is 7.57. The van der Waals surface area contributed by atoms with Crippen molar-refractivity contribution in [2.24, 2.45) is 0 Å². The molecule has 2 aromatic carbocycles. The molecule has 0 saturated heterocycles. The SMILES string of the molecule is C=CCOc1ccccc1NC(=O)COc1ccc(CC)cc1. The highest BCUT2D eigenvalue weighted by Gasteiger charge is 2.08. The fourth-order valence-electron chi connectivity index (χ4n) is 2.00. The van der Waals surface area contributed by atoms with Crippen LogP contribution in [0, 0.1) is 0 Å². The molecule has 0 aliphatic heterocycles. The van der Waals surface area contributed by atoms with Crippen LogP contribution in [0.3, 0.4) is 0 Å². The monoisotopic (exact) mass is 311 g/mol. The van der Waals surface area contributed by atoms with Crippen LogP contribution in [0.25, 0.3) is 0 Å². The molecule has 0 bridgehead atoms. The van der Waals surface area contributed by atoms with Crippen molar-refractivity contribution in [2.45, 2.75) is 13.3 Å². The smallest absolute Gasteiger partial charge is 0.262 e. The lowest BCUT2D eigenvalue weighted by Crippen LogP contribution is -2.20. The van der Waals surface area contributed by atoms with Crippen molar-refractivity contribution in [1.29, 1.82) is 0 Å². The Morgan fingerprint density at radius 1 is 1.13 bits per heavy atom. The van der Waals surface area contributed by atoms with Gasteiger partial charge in [0.25, 0.3) is 5.91 Å². The van der Waals surface area contributed by atoms with E-state index in [4.69, 9.17) is 9.47 Å². The zero-order valence-corrected chi connectivity index (χ0v) is 13.2. The molecule has 0 atom stereocenters. The van der Waals surface area contributed by atoms with E-state index in [9.17, 15) is 4.79 Å². The molecule has 23 heavy (non-hydrogen) atoms. The molecule has 2 aromatic rings. The lowest BCUT2D eigenvalue weighted by Gasteiger charge is -2.12. The Morgan fingerprint density at radius 3 is 2.57 bits per heavy atom. The van der Waals surface area contributed by atoms with Crippen LogP contribution in [-0.4, -0.2) is 19.1 Å². The first-order valence-electron chi connectivity index (χ1n) is 7.57. The van der Waals surface area contributed by atoms with E-state index in [2.05, 4.69) is 18.8 Å². The number of amides is 1. The molecule has 1 N–H and O–H groups in total. The maximum atomic E-state index is 12.0. The Balaban J connectivity index is 1.90. The van der Waals surface area contributed by atoms with Gasteiger partial charge in [-0.15, -0.1) is 0 Å². The van der Waals surface area contributed by atoms with Crippen LogP contribution in [0.5, 0.6) is 11.5 Å². The average Bonchev–Trinajstić information content (AvgIpc) is 2.59. The molecule has 4 nitrogen and oxygen atoms in total. The van der Waals surface area contributed by atoms with Gasteiger partial charge in [-0.2, -0.15) is 0 Å². The summed E-state index contributed by atoms with van der Waals surface area (Å²) in [5, 5.41) is 2.79. The molecule has 0 aliphatic rings. The van der Waals surface area contributed by atoms with Crippen molar-refractivity contribution >= 4 is 11.6 Å². The molecule has 0 heterocycles. The number of ether oxygens (including phenoxy) is 2. The molecular formula is C19H21NO3. The lowest BCUT2D eigenvalue weighted by atomic mass is 10.2. The number of carbonyl (C=O) groups is 1. The predicted molar refractivity (Wildman–Crippen MR) is 92.1 cm³/mol. The second-order valence-corrected chi connectivity index (χ2v) is 4.93. The second kappa shape index (κ2) is 8.63. The summed E-state index contributed by atoms with van der Waals surface area (Å²) in [5.74, 6) is 1.04. The molecule has 1 amide bonds. The van der Waals surface area contributed by atoms with E-state index < -0.39 is 0 Å². The Kier molecular flexibility index (Phi) is 6.24. The third-order valence-electron chi connectivity index (χ3n) is 3.22. The third kappa shape index (κ3) is 5.18. The van der Waals surface area contributed by atoms with Gasteiger partial charge in [0.1, 0.15) is 18.1 Å². The molecule has 0 spiro atoms. The molecule has 2 rings (SSSR count). The van der Waals surface area contributed by atoms with Gasteiger partial charge < -0.3 is 14.8 Å². The van der Waals surface area contributed by atoms with Crippen LogP contribution in [0.1, 0.15) is 12.5 Å². The molecule has 0 fully saturated rings. The highest BCUT2D eigenvalue weighted by Crippen LogP contribution is 2.23. The number of carbonyl (C=O) groups excluding carboxylic acids is 1. The number of para-hydroxylation sites is 2. The summed E-state index contributed by atoms with van der Waals surface area (Å²) in [5.41, 5.74) is 1.85. The van der Waals surface area contributed by atoms with E-state index in [1.54, 1.807) is 18.2 Å². The third-order valence-corrected chi connectivity index (χ3v) is 3.22. The van der Waals surface area contributed by atoms with Gasteiger partial charge in [0, 0.05) is 0 Å². The minimum absolute atomic E-state index is 0.0543. The first-order chi connectivity index (χ1) is 11.2. The van der Waals surface area contributed by atoms with E-state index in [1.807, 2.05) is 36.4 Å². The van der Waals surface area contributed by atoms with Crippen LogP contribution in [0.15, 0.2) is 61.2 Å². The highest BCUT2D eigenvalue weighted by atomic mass is 16.5. The Bertz CT molecular complexity index is 650. The van der Waals surface area contributed by atoms with Crippen LogP contribution in [0.2, 0.25) is 0 Å². The summed E-state index contributed by atoms with van der Waals surface area (Å²) >= 11 is 0. The molecule has 0 unspecified atom stereocenters. The molecule has 4 heteroatoms. The Labute approximate surface area is 136 Å². The number of aryl methyl sites for hydroxylation is 1. The summed E-state index contributed by atoms with van der Waals surface area (Å²) in [4.78, 5) is 12.0. The Hall–Kier alpha value is -2.75. The van der Waals surface area contributed by atoms with E-state index in [0.717, 1.165) is 6.42 Å². The van der Waals surface area contributed by atoms with Crippen molar-refractivity contribution in [3.8, 4) is 11.5 Å². The van der Waals surface area contributed by atoms with Gasteiger partial charge in [-0.05, 0) is 36.2 Å². The number of benzene rings is 2. The molecule has 120 valence electrons. The largest absolute Gasteiger partial charge is 0.487 e. The minimum atomic E-state index is -0.237. The maximum absolute atomic E-state index is 12.0. The molecular weight excluding hydrogens is 290 g/mol. The second-order valence-electron chi connectivity index (χ2n) is 4.93. The fourth-order valence-corrected chi connectivity index (χ4v) is 2.00. The van der Waals surface area contributed by atoms with E-state index >= 15 is 0 Å². The number of anilines is 1. The van der Waals surface area contributed by atoms with Gasteiger partial charge >= 0.3 is 0 Å². The van der Waals surface area contributed by atoms with Crippen LogP contribution in [-0.2, 0) is 11.2 Å². The van der Waals surface area contributed by atoms with Crippen molar-refractivity contribution in [3.05, 3.63) is 66.7 Å². The van der Waals surface area contributed by atoms with E-state index in [-0.39, 0.29) is 12.5 Å². The van der Waals surface area contributed by atoms with Gasteiger partial charge in [0.15, 0.2) is 6.61 Å². The van der Waals surface area contributed by atoms with Crippen LogP contribution in [0.4, 0.5) is 5.69 Å². The van der Waals surface area contributed by atoms with E-state index in [0.29, 0.717) is 23.8 Å². The average molecular weight is 311 g/mol. The van der Waals surface area contributed by atoms with Crippen LogP contribution >= 0.6 is 0 Å².